The molecule has 4 heterocycles. The molecule has 204 valence electrons. The van der Waals surface area contributed by atoms with E-state index in [2.05, 4.69) is 51.3 Å². The number of hydrogen-bond acceptors (Lipinski definition) is 8. The van der Waals surface area contributed by atoms with Crippen molar-refractivity contribution in [3.8, 4) is 5.75 Å². The molecular weight excluding hydrogens is 506 g/mol. The number of benzene rings is 1. The number of hydrogen-bond donors (Lipinski definition) is 3. The van der Waals surface area contributed by atoms with Gasteiger partial charge in [0.2, 0.25) is 5.95 Å². The Balaban J connectivity index is 1.31. The van der Waals surface area contributed by atoms with Crippen LogP contribution < -0.4 is 15.4 Å². The summed E-state index contributed by atoms with van der Waals surface area (Å²) in [5, 5.41) is 7.93. The quantitative estimate of drug-likeness (QED) is 0.418. The first-order valence-electron chi connectivity index (χ1n) is 13.1. The van der Waals surface area contributed by atoms with Gasteiger partial charge in [0.25, 0.3) is 5.91 Å². The number of nitrogens with zero attached hydrogens (tertiary/aromatic N) is 4. The van der Waals surface area contributed by atoms with Crippen molar-refractivity contribution in [2.24, 2.45) is 0 Å². The van der Waals surface area contributed by atoms with Crippen LogP contribution in [-0.2, 0) is 4.74 Å². The van der Waals surface area contributed by atoms with E-state index in [1.54, 1.807) is 19.4 Å². The van der Waals surface area contributed by atoms with Crippen molar-refractivity contribution < 1.29 is 14.3 Å². The van der Waals surface area contributed by atoms with Gasteiger partial charge in [-0.1, -0.05) is 11.6 Å². The first-order chi connectivity index (χ1) is 18.2. The van der Waals surface area contributed by atoms with Gasteiger partial charge in [0, 0.05) is 49.5 Å². The highest BCUT2D eigenvalue weighted by Gasteiger charge is 2.28. The Bertz CT molecular complexity index is 1290. The number of ether oxygens (including phenoxy) is 2. The molecule has 0 saturated carbocycles. The standard InChI is InChI=1S/C27H36ClN7O3/c1-27(2,3)33-24-22-19(28)16-29-23(22)31-26(32-24)30-20-6-5-17(15-21(20)37-4)25(36)35-9-7-18(8-10-35)34-11-13-38-14-12-34/h5-6,15-16,18H,7-14H2,1-4H3,(H3,29,30,31,32,33). The Kier molecular flexibility index (Phi) is 7.65. The third-order valence-electron chi connectivity index (χ3n) is 6.99. The van der Waals surface area contributed by atoms with Crippen LogP contribution in [0.1, 0.15) is 44.0 Å². The van der Waals surface area contributed by atoms with E-state index in [1.807, 2.05) is 17.0 Å². The Morgan fingerprint density at radius 3 is 2.58 bits per heavy atom. The number of piperidine rings is 1. The molecule has 10 nitrogen and oxygen atoms in total. The summed E-state index contributed by atoms with van der Waals surface area (Å²) >= 11 is 6.39. The number of anilines is 3. The average Bonchev–Trinajstić information content (AvgIpc) is 3.29. The highest BCUT2D eigenvalue weighted by atomic mass is 35.5. The molecule has 1 aromatic carbocycles. The fraction of sp³-hybridized carbons (Fsp3) is 0.519. The number of H-pyrrole nitrogens is 1. The first-order valence-corrected chi connectivity index (χ1v) is 13.5. The second kappa shape index (κ2) is 11.0. The summed E-state index contributed by atoms with van der Waals surface area (Å²) in [5.41, 5.74) is 1.65. The van der Waals surface area contributed by atoms with Gasteiger partial charge in [-0.05, 0) is 51.8 Å². The molecule has 5 rings (SSSR count). The van der Waals surface area contributed by atoms with Gasteiger partial charge in [-0.2, -0.15) is 9.97 Å². The molecule has 2 aliphatic rings. The highest BCUT2D eigenvalue weighted by Crippen LogP contribution is 2.33. The van der Waals surface area contributed by atoms with E-state index in [-0.39, 0.29) is 11.4 Å². The molecule has 2 aliphatic heterocycles. The fourth-order valence-corrected chi connectivity index (χ4v) is 5.34. The van der Waals surface area contributed by atoms with Crippen molar-refractivity contribution in [3.63, 3.8) is 0 Å². The molecule has 0 atom stereocenters. The number of carbonyl (C=O) groups excluding carboxylic acids is 1. The summed E-state index contributed by atoms with van der Waals surface area (Å²) in [6.07, 6.45) is 3.66. The minimum atomic E-state index is -0.227. The smallest absolute Gasteiger partial charge is 0.253 e. The van der Waals surface area contributed by atoms with Crippen molar-refractivity contribution in [1.82, 2.24) is 24.8 Å². The van der Waals surface area contributed by atoms with Crippen LogP contribution in [0.4, 0.5) is 17.5 Å². The lowest BCUT2D eigenvalue weighted by atomic mass is 10.0. The van der Waals surface area contributed by atoms with E-state index in [1.165, 1.54) is 0 Å². The van der Waals surface area contributed by atoms with Crippen molar-refractivity contribution in [2.45, 2.75) is 45.2 Å². The molecule has 2 fully saturated rings. The second-order valence-electron chi connectivity index (χ2n) is 10.8. The molecule has 0 bridgehead atoms. The first kappa shape index (κ1) is 26.5. The number of aromatic nitrogens is 3. The van der Waals surface area contributed by atoms with E-state index < -0.39 is 0 Å². The molecule has 11 heteroatoms. The number of fused-ring (bicyclic) bond motifs is 1. The third kappa shape index (κ3) is 5.82. The zero-order valence-electron chi connectivity index (χ0n) is 22.4. The summed E-state index contributed by atoms with van der Waals surface area (Å²) in [6.45, 7) is 11.2. The predicted octanol–water partition coefficient (Wildman–Crippen LogP) is 4.51. The lowest BCUT2D eigenvalue weighted by Crippen LogP contribution is -2.50. The summed E-state index contributed by atoms with van der Waals surface area (Å²) in [5.74, 6) is 1.57. The monoisotopic (exact) mass is 541 g/mol. The maximum absolute atomic E-state index is 13.3. The fourth-order valence-electron chi connectivity index (χ4n) is 5.10. The number of rotatable bonds is 6. The maximum Gasteiger partial charge on any atom is 0.253 e. The zero-order valence-corrected chi connectivity index (χ0v) is 23.2. The van der Waals surface area contributed by atoms with Crippen molar-refractivity contribution in [2.75, 3.05) is 57.1 Å². The van der Waals surface area contributed by atoms with Gasteiger partial charge in [-0.3, -0.25) is 9.69 Å². The van der Waals surface area contributed by atoms with Gasteiger partial charge in [0.1, 0.15) is 17.2 Å². The lowest BCUT2D eigenvalue weighted by Gasteiger charge is -2.40. The zero-order chi connectivity index (χ0) is 26.9. The number of aromatic amines is 1. The van der Waals surface area contributed by atoms with Gasteiger partial charge in [0.15, 0.2) is 0 Å². The molecule has 38 heavy (non-hydrogen) atoms. The van der Waals surface area contributed by atoms with Crippen LogP contribution in [0.3, 0.4) is 0 Å². The van der Waals surface area contributed by atoms with E-state index >= 15 is 0 Å². The van der Waals surface area contributed by atoms with E-state index in [4.69, 9.17) is 21.1 Å². The number of amides is 1. The maximum atomic E-state index is 13.3. The molecule has 3 aromatic rings. The number of methoxy groups -OCH3 is 1. The normalized spacial score (nSPS) is 17.6. The van der Waals surface area contributed by atoms with E-state index in [0.29, 0.717) is 45.5 Å². The van der Waals surface area contributed by atoms with Crippen LogP contribution in [0, 0.1) is 0 Å². The van der Waals surface area contributed by atoms with Crippen molar-refractivity contribution in [3.05, 3.63) is 35.0 Å². The molecule has 1 amide bonds. The summed E-state index contributed by atoms with van der Waals surface area (Å²) in [4.78, 5) is 30.1. The van der Waals surface area contributed by atoms with Crippen molar-refractivity contribution in [1.29, 1.82) is 0 Å². The molecule has 0 spiro atoms. The second-order valence-corrected chi connectivity index (χ2v) is 11.3. The minimum Gasteiger partial charge on any atom is -0.495 e. The molecule has 0 radical (unpaired) electrons. The Morgan fingerprint density at radius 2 is 1.89 bits per heavy atom. The highest BCUT2D eigenvalue weighted by molar-refractivity contribution is 6.36. The SMILES string of the molecule is COc1cc(C(=O)N2CCC(N3CCOCC3)CC2)ccc1Nc1nc(NC(C)(C)C)c2c(Cl)c[nH]c2n1. The van der Waals surface area contributed by atoms with Crippen LogP contribution in [0.25, 0.3) is 11.0 Å². The minimum absolute atomic E-state index is 0.0191. The summed E-state index contributed by atoms with van der Waals surface area (Å²) < 4.78 is 11.1. The topological polar surface area (TPSA) is 108 Å². The molecular formula is C27H36ClN7O3. The van der Waals surface area contributed by atoms with E-state index in [9.17, 15) is 4.79 Å². The molecule has 2 saturated heterocycles. The molecule has 0 unspecified atom stereocenters. The number of nitrogens with one attached hydrogen (secondary N) is 3. The lowest BCUT2D eigenvalue weighted by molar-refractivity contribution is 0.00159. The Labute approximate surface area is 228 Å². The number of morpholine rings is 1. The van der Waals surface area contributed by atoms with Crippen LogP contribution in [0.5, 0.6) is 5.75 Å². The number of halogens is 1. The van der Waals surface area contributed by atoms with Crippen LogP contribution >= 0.6 is 11.6 Å². The number of likely N-dealkylation sites (tertiary alicyclic amines) is 1. The summed E-state index contributed by atoms with van der Waals surface area (Å²) in [6, 6.07) is 5.95. The van der Waals surface area contributed by atoms with Crippen molar-refractivity contribution >= 4 is 46.0 Å². The van der Waals surface area contributed by atoms with E-state index in [0.717, 1.165) is 57.6 Å². The molecule has 2 aromatic heterocycles. The predicted molar refractivity (Wildman–Crippen MR) is 150 cm³/mol. The van der Waals surface area contributed by atoms with Gasteiger partial charge in [-0.15, -0.1) is 0 Å². The largest absolute Gasteiger partial charge is 0.495 e. The van der Waals surface area contributed by atoms with Gasteiger partial charge < -0.3 is 30.0 Å². The summed E-state index contributed by atoms with van der Waals surface area (Å²) in [7, 11) is 1.59. The third-order valence-corrected chi connectivity index (χ3v) is 7.28. The van der Waals surface area contributed by atoms with Crippen LogP contribution in [-0.4, -0.2) is 88.7 Å². The van der Waals surface area contributed by atoms with Crippen LogP contribution in [0.2, 0.25) is 5.02 Å². The Hall–Kier alpha value is -3.08. The molecule has 3 N–H and O–H groups in total. The number of carbonyl (C=O) groups is 1. The Morgan fingerprint density at radius 1 is 1.16 bits per heavy atom. The van der Waals surface area contributed by atoms with Gasteiger partial charge in [-0.25, -0.2) is 0 Å². The van der Waals surface area contributed by atoms with Crippen LogP contribution in [0.15, 0.2) is 24.4 Å². The molecule has 0 aliphatic carbocycles. The van der Waals surface area contributed by atoms with Gasteiger partial charge >= 0.3 is 0 Å². The van der Waals surface area contributed by atoms with Gasteiger partial charge in [0.05, 0.1) is 36.4 Å². The average molecular weight is 542 g/mol.